The molecule has 0 unspecified atom stereocenters. The van der Waals surface area contributed by atoms with Gasteiger partial charge >= 0.3 is 0 Å². The molecule has 2 N–H and O–H groups in total. The van der Waals surface area contributed by atoms with Crippen molar-refractivity contribution in [2.75, 3.05) is 19.8 Å². The fourth-order valence-electron chi connectivity index (χ4n) is 3.54. The van der Waals surface area contributed by atoms with Crippen molar-refractivity contribution in [1.29, 1.82) is 0 Å². The summed E-state index contributed by atoms with van der Waals surface area (Å²) < 4.78 is 38.8. The molecule has 0 aromatic heterocycles. The monoisotopic (exact) mass is 458 g/mol. The zero-order valence-corrected chi connectivity index (χ0v) is 18.9. The van der Waals surface area contributed by atoms with Gasteiger partial charge in [0.1, 0.15) is 6.61 Å². The molecule has 0 heterocycles. The third-order valence-corrected chi connectivity index (χ3v) is 6.75. The van der Waals surface area contributed by atoms with Crippen LogP contribution in [0.15, 0.2) is 66.1 Å². The van der Waals surface area contributed by atoms with Crippen LogP contribution in [0.5, 0.6) is 11.5 Å². The van der Waals surface area contributed by atoms with E-state index in [1.54, 1.807) is 48.5 Å². The second kappa shape index (κ2) is 11.7. The van der Waals surface area contributed by atoms with E-state index in [2.05, 4.69) is 16.6 Å². The summed E-state index contributed by atoms with van der Waals surface area (Å²) in [6.45, 7) is 4.26. The summed E-state index contributed by atoms with van der Waals surface area (Å²) in [5, 5.41) is 2.81. The van der Waals surface area contributed by atoms with E-state index in [-0.39, 0.29) is 23.5 Å². The lowest BCUT2D eigenvalue weighted by molar-refractivity contribution is -0.123. The molecule has 1 fully saturated rings. The summed E-state index contributed by atoms with van der Waals surface area (Å²) in [5.41, 5.74) is 0.939. The normalized spacial score (nSPS) is 14.1. The molecule has 1 aliphatic rings. The van der Waals surface area contributed by atoms with Gasteiger partial charge in [-0.3, -0.25) is 4.79 Å². The lowest BCUT2D eigenvalue weighted by Crippen LogP contribution is -2.32. The molecule has 0 bridgehead atoms. The molecular formula is C24H30N2O5S. The number of nitrogens with one attached hydrogen (secondary N) is 2. The molecule has 1 saturated carbocycles. The first kappa shape index (κ1) is 23.8. The first-order valence-electron chi connectivity index (χ1n) is 10.8. The smallest absolute Gasteiger partial charge is 0.257 e. The highest BCUT2D eigenvalue weighted by atomic mass is 32.2. The van der Waals surface area contributed by atoms with Gasteiger partial charge in [-0.25, -0.2) is 13.1 Å². The van der Waals surface area contributed by atoms with Gasteiger partial charge in [-0.1, -0.05) is 49.8 Å². The predicted octanol–water partition coefficient (Wildman–Crippen LogP) is 3.21. The van der Waals surface area contributed by atoms with Gasteiger partial charge in [-0.2, -0.15) is 0 Å². The van der Waals surface area contributed by atoms with Gasteiger partial charge in [0, 0.05) is 12.6 Å². The van der Waals surface area contributed by atoms with Crippen molar-refractivity contribution >= 4 is 15.9 Å². The zero-order valence-electron chi connectivity index (χ0n) is 18.1. The van der Waals surface area contributed by atoms with Gasteiger partial charge in [-0.15, -0.1) is 0 Å². The van der Waals surface area contributed by atoms with Gasteiger partial charge in [0.25, 0.3) is 5.91 Å². The summed E-state index contributed by atoms with van der Waals surface area (Å²) in [6.07, 6.45) is 6.15. The Labute approximate surface area is 189 Å². The van der Waals surface area contributed by atoms with Crippen molar-refractivity contribution in [3.63, 3.8) is 0 Å². The highest BCUT2D eigenvalue weighted by Crippen LogP contribution is 2.26. The number of ether oxygens (including phenoxy) is 2. The summed E-state index contributed by atoms with van der Waals surface area (Å²) in [5.74, 6) is 0.800. The number of amides is 1. The van der Waals surface area contributed by atoms with Crippen LogP contribution in [0.1, 0.15) is 31.2 Å². The lowest BCUT2D eigenvalue weighted by atomic mass is 10.1. The molecule has 0 radical (unpaired) electrons. The van der Waals surface area contributed by atoms with Crippen LogP contribution in [0, 0.1) is 0 Å². The second-order valence-corrected chi connectivity index (χ2v) is 9.40. The number of sulfonamides is 1. The molecule has 0 aliphatic heterocycles. The summed E-state index contributed by atoms with van der Waals surface area (Å²) >= 11 is 0. The van der Waals surface area contributed by atoms with Crippen molar-refractivity contribution in [1.82, 2.24) is 10.0 Å². The number of para-hydroxylation sites is 2. The highest BCUT2D eigenvalue weighted by molar-refractivity contribution is 7.89. The quantitative estimate of drug-likeness (QED) is 0.477. The van der Waals surface area contributed by atoms with Crippen LogP contribution in [0.4, 0.5) is 0 Å². The number of hydrogen-bond donors (Lipinski definition) is 2. The van der Waals surface area contributed by atoms with Crippen LogP contribution in [-0.4, -0.2) is 40.1 Å². The molecule has 0 spiro atoms. The molecule has 2 aromatic carbocycles. The Bertz CT molecular complexity index is 999. The van der Waals surface area contributed by atoms with Crippen molar-refractivity contribution < 1.29 is 22.7 Å². The molecule has 0 saturated heterocycles. The number of rotatable bonds is 12. The lowest BCUT2D eigenvalue weighted by Gasteiger charge is -2.13. The van der Waals surface area contributed by atoms with Crippen LogP contribution in [-0.2, 0) is 21.2 Å². The zero-order chi connectivity index (χ0) is 22.8. The number of benzene rings is 2. The molecule has 1 aliphatic carbocycles. The molecule has 0 atom stereocenters. The number of carbonyl (C=O) groups excluding carboxylic acids is 1. The Kier molecular flexibility index (Phi) is 8.70. The van der Waals surface area contributed by atoms with E-state index in [1.165, 1.54) is 0 Å². The molecule has 7 nitrogen and oxygen atoms in total. The molecular weight excluding hydrogens is 428 g/mol. The molecule has 8 heteroatoms. The first-order chi connectivity index (χ1) is 15.5. The molecule has 32 heavy (non-hydrogen) atoms. The van der Waals surface area contributed by atoms with Crippen LogP contribution in [0.25, 0.3) is 0 Å². The van der Waals surface area contributed by atoms with Crippen molar-refractivity contribution in [2.24, 2.45) is 0 Å². The van der Waals surface area contributed by atoms with Gasteiger partial charge in [0.05, 0.1) is 4.90 Å². The van der Waals surface area contributed by atoms with E-state index in [0.717, 1.165) is 31.2 Å². The van der Waals surface area contributed by atoms with Gasteiger partial charge in [0.2, 0.25) is 10.0 Å². The Morgan fingerprint density at radius 2 is 1.69 bits per heavy atom. The number of hydrogen-bond acceptors (Lipinski definition) is 5. The van der Waals surface area contributed by atoms with Gasteiger partial charge in [-0.05, 0) is 49.1 Å². The van der Waals surface area contributed by atoms with Crippen molar-refractivity contribution in [3.05, 3.63) is 66.7 Å². The maximum atomic E-state index is 12.5. The Morgan fingerprint density at radius 3 is 2.34 bits per heavy atom. The average Bonchev–Trinajstić information content (AvgIpc) is 3.29. The summed E-state index contributed by atoms with van der Waals surface area (Å²) in [7, 11) is -3.49. The topological polar surface area (TPSA) is 93.7 Å². The van der Waals surface area contributed by atoms with E-state index >= 15 is 0 Å². The largest absolute Gasteiger partial charge is 0.486 e. The van der Waals surface area contributed by atoms with Crippen LogP contribution < -0.4 is 19.5 Å². The highest BCUT2D eigenvalue weighted by Gasteiger charge is 2.22. The number of carbonyl (C=O) groups is 1. The van der Waals surface area contributed by atoms with Gasteiger partial charge in [0.15, 0.2) is 18.1 Å². The van der Waals surface area contributed by atoms with Crippen LogP contribution in [0.3, 0.4) is 0 Å². The Morgan fingerprint density at radius 1 is 1.03 bits per heavy atom. The fraction of sp³-hybridized carbons (Fsp3) is 0.375. The van der Waals surface area contributed by atoms with Gasteiger partial charge < -0.3 is 14.8 Å². The standard InChI is InChI=1S/C24H30N2O5S/c1-2-17-30-22-9-5-6-10-23(22)31-18-24(27)25-16-15-19-11-13-21(14-12-19)32(28,29)26-20-7-3-4-8-20/h2,5-6,9-14,20,26H,1,3-4,7-8,15-18H2,(H,25,27). The maximum Gasteiger partial charge on any atom is 0.257 e. The second-order valence-electron chi connectivity index (χ2n) is 7.68. The maximum absolute atomic E-state index is 12.5. The van der Waals surface area contributed by atoms with Crippen LogP contribution in [0.2, 0.25) is 0 Å². The molecule has 1 amide bonds. The van der Waals surface area contributed by atoms with E-state index in [1.807, 2.05) is 6.07 Å². The SMILES string of the molecule is C=CCOc1ccccc1OCC(=O)NCCc1ccc(S(=O)(=O)NC2CCCC2)cc1. The van der Waals surface area contributed by atoms with E-state index in [0.29, 0.717) is 31.1 Å². The Hall–Kier alpha value is -2.84. The summed E-state index contributed by atoms with van der Waals surface area (Å²) in [6, 6.07) is 14.0. The average molecular weight is 459 g/mol. The minimum atomic E-state index is -3.49. The molecule has 2 aromatic rings. The fourth-order valence-corrected chi connectivity index (χ4v) is 4.85. The van der Waals surface area contributed by atoms with E-state index in [9.17, 15) is 13.2 Å². The third kappa shape index (κ3) is 7.10. The Balaban J connectivity index is 1.42. The van der Waals surface area contributed by atoms with Crippen molar-refractivity contribution in [2.45, 2.75) is 43.0 Å². The van der Waals surface area contributed by atoms with Crippen LogP contribution >= 0.6 is 0 Å². The van der Waals surface area contributed by atoms with E-state index < -0.39 is 10.0 Å². The predicted molar refractivity (Wildman–Crippen MR) is 123 cm³/mol. The van der Waals surface area contributed by atoms with Crippen molar-refractivity contribution in [3.8, 4) is 11.5 Å². The minimum absolute atomic E-state index is 0.0395. The molecule has 3 rings (SSSR count). The third-order valence-electron chi connectivity index (χ3n) is 5.21. The minimum Gasteiger partial charge on any atom is -0.486 e. The van der Waals surface area contributed by atoms with E-state index in [4.69, 9.17) is 9.47 Å². The summed E-state index contributed by atoms with van der Waals surface area (Å²) in [4.78, 5) is 12.4. The first-order valence-corrected chi connectivity index (χ1v) is 12.3. The molecule has 172 valence electrons.